The summed E-state index contributed by atoms with van der Waals surface area (Å²) in [6.45, 7) is 8.24. The van der Waals surface area contributed by atoms with Crippen molar-refractivity contribution in [1.29, 1.82) is 0 Å². The van der Waals surface area contributed by atoms with E-state index in [0.29, 0.717) is 6.61 Å². The van der Waals surface area contributed by atoms with E-state index >= 15 is 0 Å². The Morgan fingerprint density at radius 1 is 1.35 bits per heavy atom. The van der Waals surface area contributed by atoms with Crippen molar-refractivity contribution in [3.8, 4) is 11.4 Å². The van der Waals surface area contributed by atoms with Crippen LogP contribution in [0.4, 0.5) is 5.82 Å². The molecule has 0 aliphatic carbocycles. The number of ether oxygens (including phenoxy) is 1. The predicted octanol–water partition coefficient (Wildman–Crippen LogP) is 2.88. The molecule has 0 aromatic carbocycles. The fourth-order valence-corrected chi connectivity index (χ4v) is 2.73. The summed E-state index contributed by atoms with van der Waals surface area (Å²) in [5, 5.41) is 0. The average Bonchev–Trinajstić information content (AvgIpc) is 3.09. The largest absolute Gasteiger partial charge is 0.372 e. The Hall–Kier alpha value is -2.27. The number of pyridine rings is 1. The number of nitrogens with zero attached hydrogens (tertiary/aromatic N) is 4. The summed E-state index contributed by atoms with van der Waals surface area (Å²) in [5.41, 5.74) is 2.05. The molecular weight excluding hydrogens is 288 g/mol. The van der Waals surface area contributed by atoms with E-state index in [9.17, 15) is 0 Å². The Balaban J connectivity index is 1.84. The van der Waals surface area contributed by atoms with Crippen LogP contribution in [-0.4, -0.2) is 40.8 Å². The lowest BCUT2D eigenvalue weighted by Crippen LogP contribution is -2.24. The number of aryl methyl sites for hydroxylation is 1. The molecule has 120 valence electrons. The molecule has 0 spiro atoms. The molecular formula is C18H22N4O. The lowest BCUT2D eigenvalue weighted by atomic mass is 10.2. The summed E-state index contributed by atoms with van der Waals surface area (Å²) in [5.74, 6) is 1.74. The van der Waals surface area contributed by atoms with Crippen molar-refractivity contribution in [3.05, 3.63) is 48.9 Å². The number of aromatic nitrogens is 3. The van der Waals surface area contributed by atoms with Gasteiger partial charge in [-0.1, -0.05) is 13.0 Å². The third kappa shape index (κ3) is 3.74. The quantitative estimate of drug-likeness (QED) is 0.768. The van der Waals surface area contributed by atoms with Crippen LogP contribution >= 0.6 is 0 Å². The molecule has 3 heterocycles. The molecule has 1 fully saturated rings. The van der Waals surface area contributed by atoms with E-state index in [1.807, 2.05) is 12.1 Å². The summed E-state index contributed by atoms with van der Waals surface area (Å²) in [6.07, 6.45) is 7.49. The van der Waals surface area contributed by atoms with E-state index in [0.717, 1.165) is 48.8 Å². The normalized spacial score (nSPS) is 17.4. The maximum atomic E-state index is 5.76. The van der Waals surface area contributed by atoms with Crippen LogP contribution in [-0.2, 0) is 11.2 Å². The maximum absolute atomic E-state index is 5.76. The summed E-state index contributed by atoms with van der Waals surface area (Å²) in [4.78, 5) is 15.8. The standard InChI is InChI=1S/C18H22N4O/c1-3-11-23-16-7-10-22(13-16)17-12-15(4-2)20-18(21-17)14-5-8-19-9-6-14/h3,5-6,8-9,12,16H,1,4,7,10-11,13H2,2H3. The van der Waals surface area contributed by atoms with E-state index < -0.39 is 0 Å². The highest BCUT2D eigenvalue weighted by Crippen LogP contribution is 2.24. The number of hydrogen-bond donors (Lipinski definition) is 0. The summed E-state index contributed by atoms with van der Waals surface area (Å²) >= 11 is 0. The molecule has 5 heteroatoms. The zero-order valence-corrected chi connectivity index (χ0v) is 13.5. The van der Waals surface area contributed by atoms with Gasteiger partial charge in [-0.2, -0.15) is 0 Å². The van der Waals surface area contributed by atoms with Crippen molar-refractivity contribution in [1.82, 2.24) is 15.0 Å². The second-order valence-corrected chi connectivity index (χ2v) is 5.61. The van der Waals surface area contributed by atoms with Gasteiger partial charge in [0.15, 0.2) is 5.82 Å². The third-order valence-electron chi connectivity index (χ3n) is 3.99. The van der Waals surface area contributed by atoms with Crippen LogP contribution in [0.3, 0.4) is 0 Å². The van der Waals surface area contributed by atoms with Crippen molar-refractivity contribution in [2.45, 2.75) is 25.9 Å². The van der Waals surface area contributed by atoms with Gasteiger partial charge in [-0.25, -0.2) is 9.97 Å². The van der Waals surface area contributed by atoms with Gasteiger partial charge in [0.05, 0.1) is 12.7 Å². The molecule has 0 N–H and O–H groups in total. The maximum Gasteiger partial charge on any atom is 0.161 e. The Morgan fingerprint density at radius 3 is 2.91 bits per heavy atom. The number of rotatable bonds is 6. The van der Waals surface area contributed by atoms with Gasteiger partial charge >= 0.3 is 0 Å². The van der Waals surface area contributed by atoms with Crippen LogP contribution in [0.25, 0.3) is 11.4 Å². The lowest BCUT2D eigenvalue weighted by Gasteiger charge is -2.19. The second-order valence-electron chi connectivity index (χ2n) is 5.61. The summed E-state index contributed by atoms with van der Waals surface area (Å²) in [7, 11) is 0. The topological polar surface area (TPSA) is 51.1 Å². The van der Waals surface area contributed by atoms with E-state index in [4.69, 9.17) is 9.72 Å². The SMILES string of the molecule is C=CCOC1CCN(c2cc(CC)nc(-c3ccncc3)n2)C1. The molecule has 2 aromatic rings. The van der Waals surface area contributed by atoms with Crippen LogP contribution < -0.4 is 4.90 Å². The molecule has 0 radical (unpaired) electrons. The molecule has 23 heavy (non-hydrogen) atoms. The van der Waals surface area contributed by atoms with Gasteiger partial charge in [-0.15, -0.1) is 6.58 Å². The lowest BCUT2D eigenvalue weighted by molar-refractivity contribution is 0.0909. The molecule has 2 aromatic heterocycles. The second kappa shape index (κ2) is 7.33. The molecule has 1 unspecified atom stereocenters. The van der Waals surface area contributed by atoms with Gasteiger partial charge in [0.2, 0.25) is 0 Å². The minimum absolute atomic E-state index is 0.248. The molecule has 0 bridgehead atoms. The zero-order valence-electron chi connectivity index (χ0n) is 13.5. The summed E-state index contributed by atoms with van der Waals surface area (Å²) < 4.78 is 5.76. The van der Waals surface area contributed by atoms with Crippen molar-refractivity contribution < 1.29 is 4.74 Å². The molecule has 1 saturated heterocycles. The van der Waals surface area contributed by atoms with Crippen molar-refractivity contribution in [3.63, 3.8) is 0 Å². The smallest absolute Gasteiger partial charge is 0.161 e. The molecule has 0 saturated carbocycles. The van der Waals surface area contributed by atoms with Crippen LogP contribution in [0.15, 0.2) is 43.2 Å². The van der Waals surface area contributed by atoms with Crippen LogP contribution in [0.2, 0.25) is 0 Å². The summed E-state index contributed by atoms with van der Waals surface area (Å²) in [6, 6.07) is 5.97. The Labute approximate surface area is 137 Å². The first-order chi connectivity index (χ1) is 11.3. The first kappa shape index (κ1) is 15.6. The molecule has 1 atom stereocenters. The minimum Gasteiger partial charge on any atom is -0.372 e. The monoisotopic (exact) mass is 310 g/mol. The molecule has 1 aliphatic heterocycles. The molecule has 3 rings (SSSR count). The number of hydrogen-bond acceptors (Lipinski definition) is 5. The van der Waals surface area contributed by atoms with E-state index in [1.165, 1.54) is 0 Å². The van der Waals surface area contributed by atoms with E-state index in [1.54, 1.807) is 18.5 Å². The van der Waals surface area contributed by atoms with Gasteiger partial charge in [0.1, 0.15) is 5.82 Å². The molecule has 5 nitrogen and oxygen atoms in total. The van der Waals surface area contributed by atoms with Crippen molar-refractivity contribution in [2.75, 3.05) is 24.6 Å². The van der Waals surface area contributed by atoms with Gasteiger partial charge in [-0.05, 0) is 25.0 Å². The highest BCUT2D eigenvalue weighted by Gasteiger charge is 2.24. The van der Waals surface area contributed by atoms with Gasteiger partial charge in [0, 0.05) is 42.8 Å². The fraction of sp³-hybridized carbons (Fsp3) is 0.389. The molecule has 1 aliphatic rings. The Kier molecular flexibility index (Phi) is 4.98. The Morgan fingerprint density at radius 2 is 2.17 bits per heavy atom. The third-order valence-corrected chi connectivity index (χ3v) is 3.99. The highest BCUT2D eigenvalue weighted by atomic mass is 16.5. The van der Waals surface area contributed by atoms with Crippen molar-refractivity contribution >= 4 is 5.82 Å². The van der Waals surface area contributed by atoms with Gasteiger partial charge in [-0.3, -0.25) is 4.98 Å². The first-order valence-corrected chi connectivity index (χ1v) is 8.06. The van der Waals surface area contributed by atoms with Crippen LogP contribution in [0.1, 0.15) is 19.0 Å². The molecule has 0 amide bonds. The van der Waals surface area contributed by atoms with E-state index in [-0.39, 0.29) is 6.10 Å². The number of anilines is 1. The van der Waals surface area contributed by atoms with Crippen LogP contribution in [0, 0.1) is 0 Å². The average molecular weight is 310 g/mol. The van der Waals surface area contributed by atoms with Crippen molar-refractivity contribution in [2.24, 2.45) is 0 Å². The minimum atomic E-state index is 0.248. The first-order valence-electron chi connectivity index (χ1n) is 8.06. The van der Waals surface area contributed by atoms with Crippen LogP contribution in [0.5, 0.6) is 0 Å². The van der Waals surface area contributed by atoms with E-state index in [2.05, 4.69) is 34.4 Å². The highest BCUT2D eigenvalue weighted by molar-refractivity contribution is 5.57. The fourth-order valence-electron chi connectivity index (χ4n) is 2.73. The van der Waals surface area contributed by atoms with Gasteiger partial charge in [0.25, 0.3) is 0 Å². The van der Waals surface area contributed by atoms with Gasteiger partial charge < -0.3 is 9.64 Å². The zero-order chi connectivity index (χ0) is 16.1. The Bertz CT molecular complexity index is 659. The predicted molar refractivity (Wildman–Crippen MR) is 91.4 cm³/mol.